The fraction of sp³-hybridized carbons (Fsp3) is 0.0741. The Kier molecular flexibility index (Phi) is 7.52. The van der Waals surface area contributed by atoms with E-state index >= 15 is 0 Å². The highest BCUT2D eigenvalue weighted by atomic mass is 79.9. The maximum absolute atomic E-state index is 13.5. The molecule has 0 saturated carbocycles. The molecule has 4 aromatic rings. The van der Waals surface area contributed by atoms with Gasteiger partial charge in [-0.15, -0.1) is 0 Å². The minimum absolute atomic E-state index is 0.191. The molecule has 0 fully saturated rings. The average Bonchev–Trinajstić information content (AvgIpc) is 2.80. The summed E-state index contributed by atoms with van der Waals surface area (Å²) in [6.45, 7) is 0. The van der Waals surface area contributed by atoms with E-state index in [9.17, 15) is 4.79 Å². The van der Waals surface area contributed by atoms with Gasteiger partial charge in [-0.25, -0.2) is 0 Å². The van der Waals surface area contributed by atoms with Gasteiger partial charge in [0.05, 0.1) is 10.0 Å². The Balaban J connectivity index is 1.72. The molecule has 0 N–H and O–H groups in total. The van der Waals surface area contributed by atoms with Crippen LogP contribution < -0.4 is 0 Å². The second-order valence-electron chi connectivity index (χ2n) is 7.43. The molecule has 0 aromatic heterocycles. The predicted molar refractivity (Wildman–Crippen MR) is 140 cm³/mol. The highest BCUT2D eigenvalue weighted by molar-refractivity contribution is 9.10. The zero-order valence-corrected chi connectivity index (χ0v) is 21.6. The zero-order valence-electron chi connectivity index (χ0n) is 16.9. The largest absolute Gasteiger partial charge is 0.288 e. The van der Waals surface area contributed by atoms with Crippen LogP contribution in [0.3, 0.4) is 0 Å². The molecule has 0 amide bonds. The van der Waals surface area contributed by atoms with Crippen molar-refractivity contribution in [3.8, 4) is 0 Å². The van der Waals surface area contributed by atoms with Crippen LogP contribution in [0, 0.1) is 0 Å². The van der Waals surface area contributed by atoms with Gasteiger partial charge in [0.1, 0.15) is 0 Å². The Morgan fingerprint density at radius 3 is 1.34 bits per heavy atom. The summed E-state index contributed by atoms with van der Waals surface area (Å²) in [5, 5.41) is 0.883. The van der Waals surface area contributed by atoms with E-state index in [-0.39, 0.29) is 5.78 Å². The Morgan fingerprint density at radius 2 is 0.969 bits per heavy atom. The molecule has 160 valence electrons. The van der Waals surface area contributed by atoms with Crippen LogP contribution in [0.1, 0.15) is 38.2 Å². The topological polar surface area (TPSA) is 17.1 Å². The molecule has 5 heteroatoms. The van der Waals surface area contributed by atoms with E-state index in [1.165, 1.54) is 0 Å². The predicted octanol–water partition coefficient (Wildman–Crippen LogP) is 8.93. The molecule has 0 spiro atoms. The molecule has 32 heavy (non-hydrogen) atoms. The maximum atomic E-state index is 13.5. The molecule has 0 unspecified atom stereocenters. The van der Waals surface area contributed by atoms with Crippen molar-refractivity contribution >= 4 is 60.8 Å². The van der Waals surface area contributed by atoms with Gasteiger partial charge >= 0.3 is 0 Å². The summed E-state index contributed by atoms with van der Waals surface area (Å²) in [5.41, 5.74) is 4.87. The normalized spacial score (nSPS) is 10.9. The molecule has 0 saturated heterocycles. The molecule has 0 bridgehead atoms. The third-order valence-electron chi connectivity index (χ3n) is 5.31. The summed E-state index contributed by atoms with van der Waals surface area (Å²) in [7, 11) is 0. The maximum Gasteiger partial charge on any atom is 0.196 e. The number of halogens is 4. The van der Waals surface area contributed by atoms with E-state index in [0.717, 1.165) is 31.2 Å². The van der Waals surface area contributed by atoms with Crippen LogP contribution in [0.25, 0.3) is 0 Å². The Hall–Kier alpha value is -1.91. The van der Waals surface area contributed by atoms with E-state index in [4.69, 9.17) is 23.2 Å². The van der Waals surface area contributed by atoms with Crippen molar-refractivity contribution < 1.29 is 4.79 Å². The Morgan fingerprint density at radius 1 is 0.594 bits per heavy atom. The summed E-state index contributed by atoms with van der Waals surface area (Å²) >= 11 is 20.7. The van der Waals surface area contributed by atoms with E-state index in [1.807, 2.05) is 72.8 Å². The lowest BCUT2D eigenvalue weighted by atomic mass is 9.95. The monoisotopic (exact) mass is 586 g/mol. The van der Waals surface area contributed by atoms with Crippen molar-refractivity contribution in [3.63, 3.8) is 0 Å². The second-order valence-corrected chi connectivity index (χ2v) is 9.89. The van der Waals surface area contributed by atoms with Crippen molar-refractivity contribution in [3.05, 3.63) is 137 Å². The third kappa shape index (κ3) is 5.02. The molecule has 1 nitrogen and oxygen atoms in total. The average molecular weight is 589 g/mol. The molecule has 0 radical (unpaired) electrons. The quantitative estimate of drug-likeness (QED) is 0.206. The first-order valence-corrected chi connectivity index (χ1v) is 12.4. The molecule has 0 atom stereocenters. The fourth-order valence-corrected chi connectivity index (χ4v) is 5.42. The molecule has 0 heterocycles. The number of carbonyl (C=O) groups is 1. The van der Waals surface area contributed by atoms with Gasteiger partial charge < -0.3 is 0 Å². The molecular formula is C27H18Br2Cl2O. The van der Waals surface area contributed by atoms with Crippen LogP contribution in [-0.2, 0) is 12.8 Å². The number of carbonyl (C=O) groups excluding carboxylic acids is 1. The van der Waals surface area contributed by atoms with Crippen molar-refractivity contribution in [2.75, 3.05) is 0 Å². The van der Waals surface area contributed by atoms with Crippen LogP contribution in [0.5, 0.6) is 0 Å². The number of rotatable bonds is 6. The number of hydrogen-bond acceptors (Lipinski definition) is 1. The first kappa shape index (κ1) is 23.3. The molecular weight excluding hydrogens is 571 g/mol. The smallest absolute Gasteiger partial charge is 0.196 e. The number of ketones is 1. The lowest BCUT2D eigenvalue weighted by Gasteiger charge is -2.15. The van der Waals surface area contributed by atoms with Crippen molar-refractivity contribution in [1.29, 1.82) is 0 Å². The molecule has 0 aliphatic heterocycles. The van der Waals surface area contributed by atoms with E-state index in [0.29, 0.717) is 34.0 Å². The van der Waals surface area contributed by atoms with Gasteiger partial charge in [0, 0.05) is 32.9 Å². The first-order valence-electron chi connectivity index (χ1n) is 10.0. The van der Waals surface area contributed by atoms with Crippen molar-refractivity contribution in [2.45, 2.75) is 12.8 Å². The fourth-order valence-electron chi connectivity index (χ4n) is 3.62. The Bertz CT molecular complexity index is 1170. The van der Waals surface area contributed by atoms with Crippen LogP contribution >= 0.6 is 55.1 Å². The van der Waals surface area contributed by atoms with Gasteiger partial charge in [-0.2, -0.15) is 0 Å². The van der Waals surface area contributed by atoms with Gasteiger partial charge in [-0.1, -0.05) is 116 Å². The summed E-state index contributed by atoms with van der Waals surface area (Å²) in [6.07, 6.45) is 1.24. The molecule has 4 rings (SSSR count). The molecule has 0 aliphatic carbocycles. The van der Waals surface area contributed by atoms with Gasteiger partial charge in [0.25, 0.3) is 0 Å². The second kappa shape index (κ2) is 10.4. The number of benzene rings is 4. The lowest BCUT2D eigenvalue weighted by Crippen LogP contribution is -2.07. The minimum atomic E-state index is -0.191. The van der Waals surface area contributed by atoms with Crippen LogP contribution in [-0.4, -0.2) is 5.78 Å². The van der Waals surface area contributed by atoms with Crippen LogP contribution in [0.2, 0.25) is 10.0 Å². The first-order chi connectivity index (χ1) is 15.5. The summed E-state index contributed by atoms with van der Waals surface area (Å²) in [4.78, 5) is 13.5. The van der Waals surface area contributed by atoms with Crippen LogP contribution in [0.15, 0.2) is 93.9 Å². The summed E-state index contributed by atoms with van der Waals surface area (Å²) in [5.74, 6) is -0.191. The highest BCUT2D eigenvalue weighted by Gasteiger charge is 2.22. The van der Waals surface area contributed by atoms with Crippen LogP contribution in [0.4, 0.5) is 0 Å². The van der Waals surface area contributed by atoms with E-state index in [2.05, 4.69) is 31.9 Å². The Labute approximate surface area is 214 Å². The zero-order chi connectivity index (χ0) is 22.7. The molecule has 4 aromatic carbocycles. The summed E-state index contributed by atoms with van der Waals surface area (Å²) < 4.78 is 1.74. The van der Waals surface area contributed by atoms with Gasteiger partial charge in [0.15, 0.2) is 5.78 Å². The van der Waals surface area contributed by atoms with E-state index < -0.39 is 0 Å². The highest BCUT2D eigenvalue weighted by Crippen LogP contribution is 2.35. The minimum Gasteiger partial charge on any atom is -0.288 e. The van der Waals surface area contributed by atoms with Gasteiger partial charge in [0.2, 0.25) is 0 Å². The van der Waals surface area contributed by atoms with Gasteiger partial charge in [-0.3, -0.25) is 4.79 Å². The standard InChI is InChI=1S/C27H18Br2Cl2O/c28-23-13-11-19(25(30)21(23)15-17-7-3-1-4-8-17)27(32)20-12-14-24(29)22(26(20)31)16-18-9-5-2-6-10-18/h1-14H,15-16H2. The number of hydrogen-bond donors (Lipinski definition) is 0. The lowest BCUT2D eigenvalue weighted by molar-refractivity contribution is 0.103. The summed E-state index contributed by atoms with van der Waals surface area (Å²) in [6, 6.07) is 27.3. The van der Waals surface area contributed by atoms with Gasteiger partial charge in [-0.05, 0) is 46.5 Å². The van der Waals surface area contributed by atoms with Crippen molar-refractivity contribution in [1.82, 2.24) is 0 Å². The SMILES string of the molecule is O=C(c1ccc(Br)c(Cc2ccccc2)c1Cl)c1ccc(Br)c(Cc2ccccc2)c1Cl. The third-order valence-corrected chi connectivity index (χ3v) is 7.66. The molecule has 0 aliphatic rings. The van der Waals surface area contributed by atoms with E-state index in [1.54, 1.807) is 12.1 Å². The van der Waals surface area contributed by atoms with Crippen molar-refractivity contribution in [2.24, 2.45) is 0 Å².